The summed E-state index contributed by atoms with van der Waals surface area (Å²) in [6, 6.07) is 6.86. The summed E-state index contributed by atoms with van der Waals surface area (Å²) in [7, 11) is -0.347. The fourth-order valence-corrected chi connectivity index (χ4v) is 1.67. The van der Waals surface area contributed by atoms with Crippen LogP contribution in [0.2, 0.25) is 0 Å². The van der Waals surface area contributed by atoms with Crippen LogP contribution in [0.25, 0.3) is 0 Å². The SMILES string of the molecule is CN(C)Cc1cccc(NS(=O)(=O)O)c1. The zero-order valence-corrected chi connectivity index (χ0v) is 9.45. The Labute approximate surface area is 89.6 Å². The first-order valence-corrected chi connectivity index (χ1v) is 5.80. The van der Waals surface area contributed by atoms with E-state index >= 15 is 0 Å². The molecule has 5 nitrogen and oxygen atoms in total. The molecule has 1 rings (SSSR count). The molecule has 0 fully saturated rings. The summed E-state index contributed by atoms with van der Waals surface area (Å²) >= 11 is 0. The molecule has 15 heavy (non-hydrogen) atoms. The van der Waals surface area contributed by atoms with Crippen LogP contribution in [-0.4, -0.2) is 32.0 Å². The van der Waals surface area contributed by atoms with Crippen molar-refractivity contribution in [3.8, 4) is 0 Å². The normalized spacial score (nSPS) is 11.7. The molecule has 0 spiro atoms. The van der Waals surface area contributed by atoms with Crippen molar-refractivity contribution in [1.29, 1.82) is 0 Å². The lowest BCUT2D eigenvalue weighted by molar-refractivity contribution is 0.402. The smallest absolute Gasteiger partial charge is 0.305 e. The molecule has 1 aromatic carbocycles. The minimum absolute atomic E-state index is 0.358. The lowest BCUT2D eigenvalue weighted by Crippen LogP contribution is -2.12. The average molecular weight is 230 g/mol. The fraction of sp³-hybridized carbons (Fsp3) is 0.333. The van der Waals surface area contributed by atoms with Crippen LogP contribution in [0.3, 0.4) is 0 Å². The number of nitrogens with zero attached hydrogens (tertiary/aromatic N) is 1. The predicted octanol–water partition coefficient (Wildman–Crippen LogP) is 0.963. The standard InChI is InChI=1S/C9H14N2O3S/c1-11(2)7-8-4-3-5-9(6-8)10-15(12,13)14/h3-6,10H,7H2,1-2H3,(H,12,13,14). The maximum absolute atomic E-state index is 10.6. The minimum Gasteiger partial charge on any atom is -0.305 e. The quantitative estimate of drug-likeness (QED) is 0.756. The summed E-state index contributed by atoms with van der Waals surface area (Å²) in [5.41, 5.74) is 1.32. The molecule has 0 aliphatic carbocycles. The number of rotatable bonds is 4. The third kappa shape index (κ3) is 4.78. The fourth-order valence-electron chi connectivity index (χ4n) is 1.25. The van der Waals surface area contributed by atoms with Gasteiger partial charge in [0.1, 0.15) is 0 Å². The van der Waals surface area contributed by atoms with Gasteiger partial charge in [-0.1, -0.05) is 12.1 Å². The first kappa shape index (κ1) is 12.0. The van der Waals surface area contributed by atoms with Gasteiger partial charge in [0.2, 0.25) is 0 Å². The van der Waals surface area contributed by atoms with Crippen molar-refractivity contribution < 1.29 is 13.0 Å². The van der Waals surface area contributed by atoms with E-state index < -0.39 is 10.3 Å². The second-order valence-electron chi connectivity index (χ2n) is 3.52. The number of benzene rings is 1. The molecule has 1 aromatic rings. The Hall–Kier alpha value is -1.11. The summed E-state index contributed by atoms with van der Waals surface area (Å²) in [6.45, 7) is 0.709. The molecular formula is C9H14N2O3S. The van der Waals surface area contributed by atoms with Crippen LogP contribution >= 0.6 is 0 Å². The van der Waals surface area contributed by atoms with Crippen molar-refractivity contribution in [3.63, 3.8) is 0 Å². The van der Waals surface area contributed by atoms with Crippen molar-refractivity contribution >= 4 is 16.0 Å². The van der Waals surface area contributed by atoms with Crippen molar-refractivity contribution in [2.24, 2.45) is 0 Å². The van der Waals surface area contributed by atoms with Crippen LogP contribution in [0.4, 0.5) is 5.69 Å². The van der Waals surface area contributed by atoms with E-state index in [9.17, 15) is 8.42 Å². The maximum Gasteiger partial charge on any atom is 0.357 e. The van der Waals surface area contributed by atoms with E-state index in [2.05, 4.69) is 0 Å². The number of anilines is 1. The molecule has 0 amide bonds. The molecule has 0 saturated carbocycles. The largest absolute Gasteiger partial charge is 0.357 e. The lowest BCUT2D eigenvalue weighted by atomic mass is 10.2. The molecule has 0 aliphatic heterocycles. The molecule has 0 radical (unpaired) electrons. The van der Waals surface area contributed by atoms with Gasteiger partial charge in [0.05, 0.1) is 5.69 Å². The van der Waals surface area contributed by atoms with Crippen LogP contribution in [0.15, 0.2) is 24.3 Å². The second kappa shape index (κ2) is 4.61. The van der Waals surface area contributed by atoms with Gasteiger partial charge in [0.15, 0.2) is 0 Å². The van der Waals surface area contributed by atoms with E-state index in [-0.39, 0.29) is 0 Å². The highest BCUT2D eigenvalue weighted by atomic mass is 32.2. The van der Waals surface area contributed by atoms with Gasteiger partial charge in [-0.05, 0) is 31.8 Å². The Morgan fingerprint density at radius 3 is 2.60 bits per heavy atom. The second-order valence-corrected chi connectivity index (χ2v) is 4.67. The van der Waals surface area contributed by atoms with Gasteiger partial charge in [-0.3, -0.25) is 9.27 Å². The Morgan fingerprint density at radius 2 is 2.07 bits per heavy atom. The van der Waals surface area contributed by atoms with E-state index in [1.54, 1.807) is 18.2 Å². The van der Waals surface area contributed by atoms with E-state index in [0.29, 0.717) is 12.2 Å². The van der Waals surface area contributed by atoms with Gasteiger partial charge in [-0.25, -0.2) is 0 Å². The maximum atomic E-state index is 10.6. The summed E-state index contributed by atoms with van der Waals surface area (Å²) in [5, 5.41) is 0. The number of hydrogen-bond acceptors (Lipinski definition) is 3. The zero-order valence-electron chi connectivity index (χ0n) is 8.64. The molecule has 6 heteroatoms. The molecule has 0 unspecified atom stereocenters. The van der Waals surface area contributed by atoms with Gasteiger partial charge in [-0.15, -0.1) is 0 Å². The Kier molecular flexibility index (Phi) is 3.67. The molecule has 0 heterocycles. The highest BCUT2D eigenvalue weighted by molar-refractivity contribution is 7.87. The van der Waals surface area contributed by atoms with Gasteiger partial charge in [0.25, 0.3) is 0 Å². The molecule has 2 N–H and O–H groups in total. The van der Waals surface area contributed by atoms with Crippen molar-refractivity contribution in [3.05, 3.63) is 29.8 Å². The van der Waals surface area contributed by atoms with Crippen LogP contribution < -0.4 is 4.72 Å². The molecule has 0 aromatic heterocycles. The van der Waals surface area contributed by atoms with E-state index in [1.165, 1.54) is 0 Å². The summed E-state index contributed by atoms with van der Waals surface area (Å²) in [6.07, 6.45) is 0. The third-order valence-corrected chi connectivity index (χ3v) is 2.17. The Morgan fingerprint density at radius 1 is 1.40 bits per heavy atom. The predicted molar refractivity (Wildman–Crippen MR) is 59.0 cm³/mol. The summed E-state index contributed by atoms with van der Waals surface area (Å²) in [4.78, 5) is 1.96. The van der Waals surface area contributed by atoms with Gasteiger partial charge in [-0.2, -0.15) is 8.42 Å². The summed E-state index contributed by atoms with van der Waals surface area (Å²) in [5.74, 6) is 0. The molecule has 0 saturated heterocycles. The highest BCUT2D eigenvalue weighted by Crippen LogP contribution is 2.12. The van der Waals surface area contributed by atoms with E-state index in [1.807, 2.05) is 29.8 Å². The topological polar surface area (TPSA) is 69.6 Å². The van der Waals surface area contributed by atoms with Crippen LogP contribution in [0.1, 0.15) is 5.56 Å². The Balaban J connectivity index is 2.83. The van der Waals surface area contributed by atoms with Crippen LogP contribution in [0.5, 0.6) is 0 Å². The van der Waals surface area contributed by atoms with Gasteiger partial charge >= 0.3 is 10.3 Å². The first-order chi connectivity index (χ1) is 6.87. The molecule has 84 valence electrons. The van der Waals surface area contributed by atoms with Crippen molar-refractivity contribution in [2.45, 2.75) is 6.54 Å². The average Bonchev–Trinajstić information content (AvgIpc) is 1.99. The molecular weight excluding hydrogens is 216 g/mol. The number of hydrogen-bond donors (Lipinski definition) is 2. The summed E-state index contributed by atoms with van der Waals surface area (Å²) < 4.78 is 31.7. The van der Waals surface area contributed by atoms with Crippen LogP contribution in [0, 0.1) is 0 Å². The first-order valence-electron chi connectivity index (χ1n) is 4.36. The molecule has 0 aliphatic rings. The highest BCUT2D eigenvalue weighted by Gasteiger charge is 2.04. The Bertz CT molecular complexity index is 429. The van der Waals surface area contributed by atoms with E-state index in [0.717, 1.165) is 5.56 Å². The monoisotopic (exact) mass is 230 g/mol. The number of nitrogens with one attached hydrogen (secondary N) is 1. The lowest BCUT2D eigenvalue weighted by Gasteiger charge is -2.10. The third-order valence-electron chi connectivity index (χ3n) is 1.67. The van der Waals surface area contributed by atoms with Crippen LogP contribution in [-0.2, 0) is 16.8 Å². The van der Waals surface area contributed by atoms with E-state index in [4.69, 9.17) is 4.55 Å². The van der Waals surface area contributed by atoms with Crippen molar-refractivity contribution in [1.82, 2.24) is 4.90 Å². The van der Waals surface area contributed by atoms with Crippen molar-refractivity contribution in [2.75, 3.05) is 18.8 Å². The minimum atomic E-state index is -4.19. The van der Waals surface area contributed by atoms with Gasteiger partial charge < -0.3 is 4.90 Å². The molecule has 0 atom stereocenters. The van der Waals surface area contributed by atoms with Gasteiger partial charge in [0, 0.05) is 6.54 Å². The molecule has 0 bridgehead atoms. The zero-order chi connectivity index (χ0) is 11.5.